The van der Waals surface area contributed by atoms with E-state index in [-0.39, 0.29) is 0 Å². The second-order valence-electron chi connectivity index (χ2n) is 4.56. The van der Waals surface area contributed by atoms with Crippen LogP contribution in [0.5, 0.6) is 0 Å². The van der Waals surface area contributed by atoms with Crippen LogP contribution in [0.4, 0.5) is 0 Å². The van der Waals surface area contributed by atoms with E-state index in [0.717, 1.165) is 24.3 Å². The minimum absolute atomic E-state index is 0.461. The average molecular weight is 293 g/mol. The van der Waals surface area contributed by atoms with Crippen molar-refractivity contribution >= 4 is 11.2 Å². The number of hydrogen-bond donors (Lipinski definition) is 0. The van der Waals surface area contributed by atoms with Crippen LogP contribution in [0, 0.1) is 0 Å². The van der Waals surface area contributed by atoms with Crippen molar-refractivity contribution in [2.75, 3.05) is 26.9 Å². The third-order valence-corrected chi connectivity index (χ3v) is 3.13. The lowest BCUT2D eigenvalue weighted by Crippen LogP contribution is -2.16. The molecule has 2 rings (SSSR count). The van der Waals surface area contributed by atoms with Gasteiger partial charge in [-0.15, -0.1) is 0 Å². The van der Waals surface area contributed by atoms with Gasteiger partial charge >= 0.3 is 0 Å². The van der Waals surface area contributed by atoms with E-state index < -0.39 is 6.29 Å². The van der Waals surface area contributed by atoms with E-state index in [4.69, 9.17) is 14.2 Å². The van der Waals surface area contributed by atoms with Gasteiger partial charge in [-0.05, 0) is 32.4 Å². The van der Waals surface area contributed by atoms with Crippen LogP contribution in [0.3, 0.4) is 0 Å². The van der Waals surface area contributed by atoms with E-state index in [1.807, 2.05) is 26.0 Å². The lowest BCUT2D eigenvalue weighted by atomic mass is 10.4. The number of rotatable bonds is 9. The lowest BCUT2D eigenvalue weighted by Gasteiger charge is -2.18. The topological polar surface area (TPSA) is 58.4 Å². The molecule has 0 saturated heterocycles. The van der Waals surface area contributed by atoms with Gasteiger partial charge in [0.15, 0.2) is 11.5 Å². The van der Waals surface area contributed by atoms with Crippen LogP contribution in [0.2, 0.25) is 0 Å². The summed E-state index contributed by atoms with van der Waals surface area (Å²) in [7, 11) is 1.71. The number of imidazole rings is 1. The van der Waals surface area contributed by atoms with Gasteiger partial charge in [0.25, 0.3) is 0 Å². The summed E-state index contributed by atoms with van der Waals surface area (Å²) in [4.78, 5) is 8.91. The zero-order valence-corrected chi connectivity index (χ0v) is 12.9. The van der Waals surface area contributed by atoms with Crippen LogP contribution in [-0.4, -0.2) is 41.5 Å². The Labute approximate surface area is 125 Å². The summed E-state index contributed by atoms with van der Waals surface area (Å²) in [6.07, 6.45) is 2.18. The molecule has 0 unspecified atom stereocenters. The summed E-state index contributed by atoms with van der Waals surface area (Å²) in [6.45, 7) is 6.53. The third kappa shape index (κ3) is 3.78. The van der Waals surface area contributed by atoms with Gasteiger partial charge < -0.3 is 18.8 Å². The Balaban J connectivity index is 2.36. The van der Waals surface area contributed by atoms with Gasteiger partial charge in [-0.2, -0.15) is 0 Å². The molecule has 0 aliphatic rings. The third-order valence-electron chi connectivity index (χ3n) is 3.13. The largest absolute Gasteiger partial charge is 0.385 e. The maximum Gasteiger partial charge on any atom is 0.217 e. The first-order valence-electron chi connectivity index (χ1n) is 7.35. The zero-order valence-electron chi connectivity index (χ0n) is 12.9. The fourth-order valence-electron chi connectivity index (χ4n) is 2.26. The number of ether oxygens (including phenoxy) is 3. The molecule has 6 heteroatoms. The lowest BCUT2D eigenvalue weighted by molar-refractivity contribution is -0.146. The van der Waals surface area contributed by atoms with Crippen LogP contribution in [0.1, 0.15) is 32.4 Å². The summed E-state index contributed by atoms with van der Waals surface area (Å²) in [6, 6.07) is 3.93. The molecule has 0 aliphatic carbocycles. The molecule has 0 aromatic carbocycles. The number of fused-ring (bicyclic) bond motifs is 1. The minimum Gasteiger partial charge on any atom is -0.385 e. The molecule has 2 heterocycles. The summed E-state index contributed by atoms with van der Waals surface area (Å²) >= 11 is 0. The second-order valence-corrected chi connectivity index (χ2v) is 4.56. The quantitative estimate of drug-likeness (QED) is 0.525. The molecule has 0 saturated carbocycles. The van der Waals surface area contributed by atoms with Crippen molar-refractivity contribution in [3.05, 3.63) is 24.2 Å². The van der Waals surface area contributed by atoms with E-state index in [0.29, 0.717) is 25.5 Å². The molecule has 116 valence electrons. The normalized spacial score (nSPS) is 11.6. The van der Waals surface area contributed by atoms with Crippen molar-refractivity contribution in [3.63, 3.8) is 0 Å². The SMILES string of the molecule is CCOC(OCC)c1nc2ncccc2n1CCCOC. The molecule has 0 amide bonds. The van der Waals surface area contributed by atoms with Gasteiger partial charge in [0, 0.05) is 39.7 Å². The molecule has 0 N–H and O–H groups in total. The van der Waals surface area contributed by atoms with E-state index >= 15 is 0 Å². The smallest absolute Gasteiger partial charge is 0.217 e. The first kappa shape index (κ1) is 15.9. The highest BCUT2D eigenvalue weighted by Gasteiger charge is 2.21. The Kier molecular flexibility index (Phi) is 6.10. The van der Waals surface area contributed by atoms with E-state index in [1.54, 1.807) is 13.3 Å². The first-order valence-corrected chi connectivity index (χ1v) is 7.35. The molecular weight excluding hydrogens is 270 g/mol. The molecule has 0 fully saturated rings. The molecule has 0 aliphatic heterocycles. The fraction of sp³-hybridized carbons (Fsp3) is 0.600. The maximum absolute atomic E-state index is 5.68. The van der Waals surface area contributed by atoms with Crippen molar-refractivity contribution < 1.29 is 14.2 Å². The van der Waals surface area contributed by atoms with Crippen LogP contribution < -0.4 is 0 Å². The summed E-state index contributed by atoms with van der Waals surface area (Å²) in [5.74, 6) is 0.767. The molecule has 0 spiro atoms. The summed E-state index contributed by atoms with van der Waals surface area (Å²) in [5.41, 5.74) is 1.71. The van der Waals surface area contributed by atoms with Crippen LogP contribution >= 0.6 is 0 Å². The number of nitrogens with zero attached hydrogens (tertiary/aromatic N) is 3. The number of aryl methyl sites for hydroxylation is 1. The predicted octanol–water partition coefficient (Wildman–Crippen LogP) is 2.54. The molecule has 6 nitrogen and oxygen atoms in total. The highest BCUT2D eigenvalue weighted by molar-refractivity contribution is 5.71. The average Bonchev–Trinajstić information content (AvgIpc) is 2.86. The Morgan fingerprint density at radius 3 is 2.67 bits per heavy atom. The van der Waals surface area contributed by atoms with Crippen molar-refractivity contribution in [2.24, 2.45) is 0 Å². The Hall–Kier alpha value is -1.50. The van der Waals surface area contributed by atoms with Crippen LogP contribution in [-0.2, 0) is 20.8 Å². The molecule has 21 heavy (non-hydrogen) atoms. The van der Waals surface area contributed by atoms with Gasteiger partial charge in [0.1, 0.15) is 0 Å². The molecule has 0 radical (unpaired) electrons. The summed E-state index contributed by atoms with van der Waals surface area (Å²) in [5, 5.41) is 0. The van der Waals surface area contributed by atoms with Gasteiger partial charge in [-0.25, -0.2) is 9.97 Å². The van der Waals surface area contributed by atoms with Crippen molar-refractivity contribution in [2.45, 2.75) is 33.1 Å². The number of methoxy groups -OCH3 is 1. The molecule has 0 atom stereocenters. The zero-order chi connectivity index (χ0) is 15.1. The van der Waals surface area contributed by atoms with Crippen molar-refractivity contribution in [3.8, 4) is 0 Å². The van der Waals surface area contributed by atoms with E-state index in [9.17, 15) is 0 Å². The highest BCUT2D eigenvalue weighted by atomic mass is 16.7. The van der Waals surface area contributed by atoms with E-state index in [2.05, 4.69) is 14.5 Å². The number of hydrogen-bond acceptors (Lipinski definition) is 5. The minimum atomic E-state index is -0.461. The van der Waals surface area contributed by atoms with Crippen molar-refractivity contribution in [1.82, 2.24) is 14.5 Å². The molecule has 2 aromatic heterocycles. The molecule has 2 aromatic rings. The van der Waals surface area contributed by atoms with Gasteiger partial charge in [0.05, 0.1) is 5.52 Å². The Morgan fingerprint density at radius 2 is 2.00 bits per heavy atom. The van der Waals surface area contributed by atoms with Crippen molar-refractivity contribution in [1.29, 1.82) is 0 Å². The van der Waals surface area contributed by atoms with Crippen LogP contribution in [0.15, 0.2) is 18.3 Å². The van der Waals surface area contributed by atoms with E-state index in [1.165, 1.54) is 0 Å². The van der Waals surface area contributed by atoms with Gasteiger partial charge in [-0.1, -0.05) is 0 Å². The molecule has 0 bridgehead atoms. The predicted molar refractivity (Wildman–Crippen MR) is 80.0 cm³/mol. The Morgan fingerprint density at radius 1 is 1.24 bits per heavy atom. The highest BCUT2D eigenvalue weighted by Crippen LogP contribution is 2.23. The Bertz CT molecular complexity index is 550. The molecular formula is C15H23N3O3. The number of aromatic nitrogens is 3. The maximum atomic E-state index is 5.68. The standard InChI is InChI=1S/C15H23N3O3/c1-4-20-15(21-5-2)14-17-13-12(8-6-9-16-13)18(14)10-7-11-19-3/h6,8-9,15H,4-5,7,10-11H2,1-3H3. The first-order chi connectivity index (χ1) is 10.3. The van der Waals surface area contributed by atoms with Gasteiger partial charge in [0.2, 0.25) is 6.29 Å². The van der Waals surface area contributed by atoms with Gasteiger partial charge in [-0.3, -0.25) is 0 Å². The number of pyridine rings is 1. The second kappa shape index (κ2) is 8.07. The van der Waals surface area contributed by atoms with Crippen LogP contribution in [0.25, 0.3) is 11.2 Å². The monoisotopic (exact) mass is 293 g/mol. The fourth-order valence-corrected chi connectivity index (χ4v) is 2.26. The summed E-state index contributed by atoms with van der Waals surface area (Å²) < 4.78 is 18.6.